The number of thioether (sulfide) groups is 1. The van der Waals surface area contributed by atoms with Crippen LogP contribution in [0.5, 0.6) is 0 Å². The molecule has 0 aliphatic carbocycles. The summed E-state index contributed by atoms with van der Waals surface area (Å²) in [6, 6.07) is 10.0. The largest absolute Gasteiger partial charge is 0.352 e. The van der Waals surface area contributed by atoms with Crippen molar-refractivity contribution in [3.63, 3.8) is 0 Å². The number of carbonyl (C=O) groups excluding carboxylic acids is 1. The smallest absolute Gasteiger partial charge is 0.230 e. The van der Waals surface area contributed by atoms with Gasteiger partial charge in [0.2, 0.25) is 5.91 Å². The molecule has 0 bridgehead atoms. The average molecular weight is 379 g/mol. The highest BCUT2D eigenvalue weighted by atomic mass is 32.2. The van der Waals surface area contributed by atoms with Crippen LogP contribution in [0.2, 0.25) is 0 Å². The first-order valence-corrected chi connectivity index (χ1v) is 9.52. The first-order chi connectivity index (χ1) is 13.1. The van der Waals surface area contributed by atoms with E-state index in [-0.39, 0.29) is 11.7 Å². The van der Waals surface area contributed by atoms with E-state index in [1.807, 2.05) is 22.8 Å². The van der Waals surface area contributed by atoms with E-state index in [2.05, 4.69) is 53.1 Å². The highest BCUT2D eigenvalue weighted by Gasteiger charge is 2.17. The molecular weight excluding hydrogens is 358 g/mol. The Balaban J connectivity index is 1.98. The molecule has 0 atom stereocenters. The van der Waals surface area contributed by atoms with Crippen LogP contribution in [0.3, 0.4) is 0 Å². The lowest BCUT2D eigenvalue weighted by Crippen LogP contribution is -2.25. The van der Waals surface area contributed by atoms with Gasteiger partial charge < -0.3 is 5.32 Å². The van der Waals surface area contributed by atoms with Crippen LogP contribution in [0.15, 0.2) is 60.5 Å². The van der Waals surface area contributed by atoms with Gasteiger partial charge in [-0.3, -0.25) is 14.3 Å². The Morgan fingerprint density at radius 3 is 2.67 bits per heavy atom. The lowest BCUT2D eigenvalue weighted by Gasteiger charge is -2.12. The second-order valence-electron chi connectivity index (χ2n) is 6.03. The van der Waals surface area contributed by atoms with Gasteiger partial charge in [-0.25, -0.2) is 0 Å². The van der Waals surface area contributed by atoms with E-state index in [4.69, 9.17) is 0 Å². The topological polar surface area (TPSA) is 72.7 Å². The number of rotatable bonds is 7. The number of carbonyl (C=O) groups is 1. The number of hydrogen-bond acceptors (Lipinski definition) is 5. The van der Waals surface area contributed by atoms with Crippen molar-refractivity contribution in [1.82, 2.24) is 25.1 Å². The van der Waals surface area contributed by atoms with Crippen molar-refractivity contribution in [3.8, 4) is 17.1 Å². The zero-order chi connectivity index (χ0) is 19.2. The molecule has 1 amide bonds. The first kappa shape index (κ1) is 18.8. The molecule has 0 radical (unpaired) electrons. The predicted octanol–water partition coefficient (Wildman–Crippen LogP) is 3.34. The third-order valence-electron chi connectivity index (χ3n) is 4.10. The van der Waals surface area contributed by atoms with Crippen LogP contribution in [0.1, 0.15) is 11.1 Å². The van der Waals surface area contributed by atoms with Crippen molar-refractivity contribution in [3.05, 3.63) is 66.5 Å². The third-order valence-corrected chi connectivity index (χ3v) is 5.03. The fraction of sp³-hybridized carbons (Fsp3) is 0.200. The van der Waals surface area contributed by atoms with Crippen molar-refractivity contribution in [2.45, 2.75) is 19.0 Å². The number of aromatic nitrogens is 4. The summed E-state index contributed by atoms with van der Waals surface area (Å²) in [5, 5.41) is 12.1. The Labute approximate surface area is 162 Å². The molecule has 6 nitrogen and oxygen atoms in total. The molecule has 3 rings (SSSR count). The molecule has 0 aliphatic rings. The minimum absolute atomic E-state index is 0.0694. The van der Waals surface area contributed by atoms with Gasteiger partial charge in [-0.15, -0.1) is 16.8 Å². The van der Waals surface area contributed by atoms with Crippen LogP contribution in [0, 0.1) is 13.8 Å². The molecule has 0 saturated carbocycles. The van der Waals surface area contributed by atoms with Crippen LogP contribution >= 0.6 is 11.8 Å². The number of nitrogens with zero attached hydrogens (tertiary/aromatic N) is 4. The molecule has 0 saturated heterocycles. The Morgan fingerprint density at radius 1 is 1.19 bits per heavy atom. The van der Waals surface area contributed by atoms with Crippen molar-refractivity contribution in [2.75, 3.05) is 12.3 Å². The number of amides is 1. The number of aryl methyl sites for hydroxylation is 2. The van der Waals surface area contributed by atoms with Gasteiger partial charge in [0.05, 0.1) is 11.4 Å². The summed E-state index contributed by atoms with van der Waals surface area (Å²) in [5.74, 6) is 0.905. The molecule has 2 aromatic heterocycles. The maximum absolute atomic E-state index is 12.0. The number of hydrogen-bond donors (Lipinski definition) is 1. The standard InChI is InChI=1S/C20H21N5OS/c1-4-9-22-18(26)13-27-20-24-23-19(16-7-10-21-11-8-16)25(20)17-6-5-14(2)15(3)12-17/h4-8,10-12H,1,9,13H2,2-3H3,(H,22,26). The molecule has 3 aromatic rings. The van der Waals surface area contributed by atoms with Gasteiger partial charge in [0.25, 0.3) is 0 Å². The molecule has 138 valence electrons. The van der Waals surface area contributed by atoms with Gasteiger partial charge in [-0.05, 0) is 49.2 Å². The predicted molar refractivity (Wildman–Crippen MR) is 108 cm³/mol. The first-order valence-electron chi connectivity index (χ1n) is 8.54. The second-order valence-corrected chi connectivity index (χ2v) is 6.97. The van der Waals surface area contributed by atoms with Crippen molar-refractivity contribution < 1.29 is 4.79 Å². The highest BCUT2D eigenvalue weighted by molar-refractivity contribution is 7.99. The average Bonchev–Trinajstić information content (AvgIpc) is 3.11. The lowest BCUT2D eigenvalue weighted by molar-refractivity contribution is -0.118. The van der Waals surface area contributed by atoms with Gasteiger partial charge in [-0.2, -0.15) is 0 Å². The summed E-state index contributed by atoms with van der Waals surface area (Å²) < 4.78 is 1.98. The van der Waals surface area contributed by atoms with E-state index in [0.29, 0.717) is 11.7 Å². The molecule has 0 aliphatic heterocycles. The SMILES string of the molecule is C=CCNC(=O)CSc1nnc(-c2ccncc2)n1-c1ccc(C)c(C)c1. The van der Waals surface area contributed by atoms with Crippen molar-refractivity contribution >= 4 is 17.7 Å². The van der Waals surface area contributed by atoms with Crippen molar-refractivity contribution in [2.24, 2.45) is 0 Å². The summed E-state index contributed by atoms with van der Waals surface area (Å²) in [4.78, 5) is 16.0. The highest BCUT2D eigenvalue weighted by Crippen LogP contribution is 2.28. The second kappa shape index (κ2) is 8.64. The van der Waals surface area contributed by atoms with Gasteiger partial charge in [0, 0.05) is 24.5 Å². The normalized spacial score (nSPS) is 10.6. The Kier molecular flexibility index (Phi) is 6.03. The Bertz CT molecular complexity index is 952. The molecule has 0 unspecified atom stereocenters. The number of pyridine rings is 1. The molecule has 1 aromatic carbocycles. The fourth-order valence-corrected chi connectivity index (χ4v) is 3.30. The Hall–Kier alpha value is -2.93. The molecule has 27 heavy (non-hydrogen) atoms. The van der Waals surface area contributed by atoms with Gasteiger partial charge in [0.15, 0.2) is 11.0 Å². The summed E-state index contributed by atoms with van der Waals surface area (Å²) in [6.45, 7) is 8.21. The van der Waals surface area contributed by atoms with Gasteiger partial charge in [-0.1, -0.05) is 23.9 Å². The van der Waals surface area contributed by atoms with Crippen LogP contribution in [-0.4, -0.2) is 38.0 Å². The quantitative estimate of drug-likeness (QED) is 0.503. The number of nitrogens with one attached hydrogen (secondary N) is 1. The molecule has 2 heterocycles. The van der Waals surface area contributed by atoms with E-state index < -0.39 is 0 Å². The number of benzene rings is 1. The maximum Gasteiger partial charge on any atom is 0.230 e. The molecular formula is C20H21N5OS. The minimum atomic E-state index is -0.0694. The third kappa shape index (κ3) is 4.43. The van der Waals surface area contributed by atoms with Crippen LogP contribution in [0.25, 0.3) is 17.1 Å². The summed E-state index contributed by atoms with van der Waals surface area (Å²) in [7, 11) is 0. The molecule has 7 heteroatoms. The Morgan fingerprint density at radius 2 is 1.96 bits per heavy atom. The molecule has 0 fully saturated rings. The van der Waals surface area contributed by atoms with Crippen LogP contribution in [0.4, 0.5) is 0 Å². The van der Waals surface area contributed by atoms with E-state index in [0.717, 1.165) is 17.1 Å². The van der Waals surface area contributed by atoms with Crippen LogP contribution in [-0.2, 0) is 4.79 Å². The fourth-order valence-electron chi connectivity index (χ4n) is 2.52. The van der Waals surface area contributed by atoms with E-state index in [1.165, 1.54) is 22.9 Å². The van der Waals surface area contributed by atoms with Gasteiger partial charge >= 0.3 is 0 Å². The maximum atomic E-state index is 12.0. The minimum Gasteiger partial charge on any atom is -0.352 e. The van der Waals surface area contributed by atoms with Crippen LogP contribution < -0.4 is 5.32 Å². The summed E-state index contributed by atoms with van der Waals surface area (Å²) >= 11 is 1.35. The summed E-state index contributed by atoms with van der Waals surface area (Å²) in [5.41, 5.74) is 4.28. The van der Waals surface area contributed by atoms with Crippen molar-refractivity contribution in [1.29, 1.82) is 0 Å². The zero-order valence-electron chi connectivity index (χ0n) is 15.3. The van der Waals surface area contributed by atoms with E-state index >= 15 is 0 Å². The van der Waals surface area contributed by atoms with E-state index in [1.54, 1.807) is 18.5 Å². The van der Waals surface area contributed by atoms with Gasteiger partial charge in [0.1, 0.15) is 0 Å². The van der Waals surface area contributed by atoms with E-state index in [9.17, 15) is 4.79 Å². The lowest BCUT2D eigenvalue weighted by atomic mass is 10.1. The monoisotopic (exact) mass is 379 g/mol. The molecule has 1 N–H and O–H groups in total. The summed E-state index contributed by atoms with van der Waals surface area (Å²) in [6.07, 6.45) is 5.11. The molecule has 0 spiro atoms. The zero-order valence-corrected chi connectivity index (χ0v) is 16.2.